The molecular weight excluding hydrogens is 424 g/mol. The second-order valence-electron chi connectivity index (χ2n) is 8.51. The maximum Gasteiger partial charge on any atom is 0.173 e. The molecule has 176 valence electrons. The largest absolute Gasteiger partial charge is 0.508 e. The van der Waals surface area contributed by atoms with Crippen LogP contribution in [0.15, 0.2) is 48.5 Å². The Labute approximate surface area is 191 Å². The molecule has 0 heterocycles. The molecule has 2 N–H and O–H groups in total. The van der Waals surface area contributed by atoms with Crippen molar-refractivity contribution in [3.8, 4) is 23.0 Å². The van der Waals surface area contributed by atoms with Crippen molar-refractivity contribution < 1.29 is 23.8 Å². The minimum atomic E-state index is -1.74. The molecule has 0 spiro atoms. The van der Waals surface area contributed by atoms with Crippen LogP contribution < -0.4 is 9.47 Å². The van der Waals surface area contributed by atoms with Crippen molar-refractivity contribution in [3.05, 3.63) is 48.5 Å². The number of phenols is 2. The molecule has 0 aliphatic rings. The highest BCUT2D eigenvalue weighted by molar-refractivity contribution is 6.84. The van der Waals surface area contributed by atoms with Crippen molar-refractivity contribution in [2.45, 2.75) is 66.0 Å². The molecule has 31 heavy (non-hydrogen) atoms. The quantitative estimate of drug-likeness (QED) is 0.259. The molecule has 2 aromatic carbocycles. The molecule has 0 amide bonds. The van der Waals surface area contributed by atoms with Crippen molar-refractivity contribution in [1.82, 2.24) is 0 Å². The number of ether oxygens (including phenoxy) is 2. The summed E-state index contributed by atoms with van der Waals surface area (Å²) in [6.45, 7) is 10.5. The number of hydrogen-bond acceptors (Lipinski definition) is 5. The lowest BCUT2D eigenvalue weighted by Gasteiger charge is -2.34. The van der Waals surface area contributed by atoms with Crippen molar-refractivity contribution in [3.63, 3.8) is 0 Å². The van der Waals surface area contributed by atoms with Gasteiger partial charge in [-0.25, -0.2) is 0 Å². The minimum absolute atomic E-state index is 0. The third-order valence-electron chi connectivity index (χ3n) is 4.61. The van der Waals surface area contributed by atoms with E-state index >= 15 is 0 Å². The predicted molar refractivity (Wildman–Crippen MR) is 136 cm³/mol. The zero-order valence-corrected chi connectivity index (χ0v) is 20.0. The summed E-state index contributed by atoms with van der Waals surface area (Å²) in [5, 5.41) is 18.6. The summed E-state index contributed by atoms with van der Waals surface area (Å²) in [6.07, 6.45) is 1.93. The van der Waals surface area contributed by atoms with Crippen LogP contribution in [0.5, 0.6) is 23.0 Å². The molecule has 5 nitrogen and oxygen atoms in total. The van der Waals surface area contributed by atoms with E-state index in [9.17, 15) is 10.2 Å². The second-order valence-corrected chi connectivity index (χ2v) is 17.4. The highest BCUT2D eigenvalue weighted by Crippen LogP contribution is 2.25. The van der Waals surface area contributed by atoms with Gasteiger partial charge in [0.15, 0.2) is 16.6 Å². The highest BCUT2D eigenvalue weighted by Gasteiger charge is 2.32. The number of aromatic hydroxyl groups is 2. The maximum atomic E-state index is 9.31. The van der Waals surface area contributed by atoms with Gasteiger partial charge in [-0.1, -0.05) is 14.9 Å². The fraction of sp³-hybridized carbons (Fsp3) is 0.500. The van der Waals surface area contributed by atoms with Crippen LogP contribution >= 0.6 is 0 Å². The Morgan fingerprint density at radius 3 is 1.26 bits per heavy atom. The van der Waals surface area contributed by atoms with Gasteiger partial charge in [0.25, 0.3) is 0 Å². The van der Waals surface area contributed by atoms with E-state index in [1.807, 2.05) is 0 Å². The Kier molecular flexibility index (Phi) is 12.6. The van der Waals surface area contributed by atoms with Crippen molar-refractivity contribution >= 4 is 16.6 Å². The topological polar surface area (TPSA) is 68.2 Å². The number of rotatable bonds is 12. The fourth-order valence-electron chi connectivity index (χ4n) is 3.31. The summed E-state index contributed by atoms with van der Waals surface area (Å²) in [5.74, 6) is 2.07. The van der Waals surface area contributed by atoms with E-state index < -0.39 is 16.6 Å². The fourth-order valence-corrected chi connectivity index (χ4v) is 12.1. The molecule has 7 heteroatoms. The van der Waals surface area contributed by atoms with Crippen LogP contribution in [-0.4, -0.2) is 40.1 Å². The highest BCUT2D eigenvalue weighted by atomic mass is 28.4. The summed E-state index contributed by atoms with van der Waals surface area (Å²) >= 11 is 0. The van der Waals surface area contributed by atoms with Gasteiger partial charge < -0.3 is 23.8 Å². The van der Waals surface area contributed by atoms with E-state index in [4.69, 9.17) is 13.6 Å². The van der Waals surface area contributed by atoms with Gasteiger partial charge in [-0.2, -0.15) is 0 Å². The average Bonchev–Trinajstić information content (AvgIpc) is 2.64. The van der Waals surface area contributed by atoms with Crippen LogP contribution in [0, 0.1) is 0 Å². The molecule has 0 atom stereocenters. The van der Waals surface area contributed by atoms with Crippen LogP contribution in [0.25, 0.3) is 0 Å². The first-order valence-corrected chi connectivity index (χ1v) is 16.4. The normalized spacial score (nSPS) is 11.2. The van der Waals surface area contributed by atoms with E-state index in [1.165, 1.54) is 0 Å². The van der Waals surface area contributed by atoms with Crippen LogP contribution in [-0.2, 0) is 4.12 Å². The first-order valence-electron chi connectivity index (χ1n) is 10.2. The summed E-state index contributed by atoms with van der Waals surface area (Å²) < 4.78 is 18.2. The Hall–Kier alpha value is -1.97. The van der Waals surface area contributed by atoms with Gasteiger partial charge in [-0.05, 0) is 99.6 Å². The molecule has 0 aliphatic carbocycles. The van der Waals surface area contributed by atoms with Gasteiger partial charge >= 0.3 is 0 Å². The van der Waals surface area contributed by atoms with Gasteiger partial charge in [-0.3, -0.25) is 0 Å². The molecule has 0 radical (unpaired) electrons. The first kappa shape index (κ1) is 29.0. The van der Waals surface area contributed by atoms with Crippen LogP contribution in [0.2, 0.25) is 38.3 Å². The monoisotopic (exact) mass is 466 g/mol. The third-order valence-corrected chi connectivity index (χ3v) is 12.1. The van der Waals surface area contributed by atoms with Crippen LogP contribution in [0.3, 0.4) is 0 Å². The molecule has 0 aliphatic heterocycles. The molecular formula is C24H42O5Si2. The number of phenolic OH excluding ortho intramolecular Hbond substituents is 2. The molecule has 2 rings (SSSR count). The molecule has 0 aromatic heterocycles. The van der Waals surface area contributed by atoms with Gasteiger partial charge in [0, 0.05) is 0 Å². The Bertz CT molecular complexity index is 667. The molecule has 0 saturated carbocycles. The first-order chi connectivity index (χ1) is 13.7. The number of benzene rings is 2. The van der Waals surface area contributed by atoms with Crippen molar-refractivity contribution in [2.75, 3.05) is 13.2 Å². The lowest BCUT2D eigenvalue weighted by atomic mass is 10.3. The van der Waals surface area contributed by atoms with Gasteiger partial charge in [0.1, 0.15) is 23.0 Å². The predicted octanol–water partition coefficient (Wildman–Crippen LogP) is 7.03. The van der Waals surface area contributed by atoms with Crippen LogP contribution in [0.1, 0.15) is 27.7 Å². The molecule has 0 unspecified atom stereocenters. The summed E-state index contributed by atoms with van der Waals surface area (Å²) in [5.41, 5.74) is 0. The zero-order chi connectivity index (χ0) is 21.3. The summed E-state index contributed by atoms with van der Waals surface area (Å²) in [4.78, 5) is 0. The van der Waals surface area contributed by atoms with Gasteiger partial charge in [-0.15, -0.1) is 0 Å². The molecule has 0 saturated heterocycles. The van der Waals surface area contributed by atoms with Crippen molar-refractivity contribution in [2.24, 2.45) is 0 Å². The lowest BCUT2D eigenvalue weighted by molar-refractivity contribution is 0.312. The zero-order valence-electron chi connectivity index (χ0n) is 18.0. The standard InChI is InChI=1S/C22H34O5Si2.2CH4/c1-28(2,17-5-15-25-21-11-7-19(23)8-12-21)27-29(3,4)18-6-16-26-22-13-9-20(24)10-14-22;;/h7-14,23-24H,5-6,15-18H2,1-4H3;2*1H4. The smallest absolute Gasteiger partial charge is 0.173 e. The maximum absolute atomic E-state index is 9.31. The van der Waals surface area contributed by atoms with E-state index in [-0.39, 0.29) is 26.4 Å². The van der Waals surface area contributed by atoms with Gasteiger partial charge in [0.05, 0.1) is 13.2 Å². The lowest BCUT2D eigenvalue weighted by Crippen LogP contribution is -2.44. The van der Waals surface area contributed by atoms with Gasteiger partial charge in [0.2, 0.25) is 0 Å². The SMILES string of the molecule is C.C.C[Si](C)(CCCOc1ccc(O)cc1)O[Si](C)(C)CCCOc1ccc(O)cc1. The second kappa shape index (κ2) is 13.4. The third kappa shape index (κ3) is 11.9. The van der Waals surface area contributed by atoms with E-state index in [1.54, 1.807) is 48.5 Å². The van der Waals surface area contributed by atoms with E-state index in [2.05, 4.69) is 26.2 Å². The summed E-state index contributed by atoms with van der Waals surface area (Å²) in [6, 6.07) is 15.8. The Balaban J connectivity index is 0.00000450. The Morgan fingerprint density at radius 2 is 0.935 bits per heavy atom. The number of hydrogen-bond donors (Lipinski definition) is 2. The minimum Gasteiger partial charge on any atom is -0.508 e. The van der Waals surface area contributed by atoms with E-state index in [0.29, 0.717) is 13.2 Å². The Morgan fingerprint density at radius 1 is 0.613 bits per heavy atom. The van der Waals surface area contributed by atoms with Crippen LogP contribution in [0.4, 0.5) is 0 Å². The van der Waals surface area contributed by atoms with E-state index in [0.717, 1.165) is 36.4 Å². The molecule has 2 aromatic rings. The summed E-state index contributed by atoms with van der Waals surface area (Å²) in [7, 11) is -3.49. The molecule has 0 fully saturated rings. The van der Waals surface area contributed by atoms with Crippen molar-refractivity contribution in [1.29, 1.82) is 0 Å². The average molecular weight is 467 g/mol. The molecule has 0 bridgehead atoms.